The fraction of sp³-hybridized carbons (Fsp3) is 0.0204. The van der Waals surface area contributed by atoms with Crippen LogP contribution >= 0.6 is 0 Å². The zero-order valence-electron chi connectivity index (χ0n) is 28.7. The molecule has 9 aromatic rings. The summed E-state index contributed by atoms with van der Waals surface area (Å²) in [5.41, 5.74) is 13.8. The summed E-state index contributed by atoms with van der Waals surface area (Å²) in [7, 11) is 0. The van der Waals surface area contributed by atoms with Gasteiger partial charge in [0.05, 0.1) is 27.8 Å². The van der Waals surface area contributed by atoms with Crippen molar-refractivity contribution < 1.29 is 0 Å². The molecule has 0 unspecified atom stereocenters. The summed E-state index contributed by atoms with van der Waals surface area (Å²) in [6.07, 6.45) is 9.34. The van der Waals surface area contributed by atoms with Crippen molar-refractivity contribution in [2.24, 2.45) is 0 Å². The van der Waals surface area contributed by atoms with E-state index in [1.807, 2.05) is 0 Å². The Morgan fingerprint density at radius 3 is 1.71 bits per heavy atom. The molecular formula is C49H35N3. The van der Waals surface area contributed by atoms with Crippen molar-refractivity contribution in [3.05, 3.63) is 206 Å². The summed E-state index contributed by atoms with van der Waals surface area (Å²) in [5.74, 6) is 0. The Kier molecular flexibility index (Phi) is 7.04. The maximum Gasteiger partial charge on any atom is 0.0548 e. The molecule has 0 N–H and O–H groups in total. The van der Waals surface area contributed by atoms with Crippen LogP contribution in [0, 0.1) is 0 Å². The van der Waals surface area contributed by atoms with Crippen LogP contribution in [0.4, 0.5) is 11.4 Å². The molecule has 1 aliphatic heterocycles. The molecule has 0 atom stereocenters. The summed E-state index contributed by atoms with van der Waals surface area (Å²) >= 11 is 0. The second-order valence-electron chi connectivity index (χ2n) is 13.4. The molecule has 0 aliphatic carbocycles. The number of hydrogen-bond acceptors (Lipinski definition) is 1. The van der Waals surface area contributed by atoms with E-state index in [-0.39, 0.29) is 0 Å². The molecule has 0 spiro atoms. The number of nitrogens with zero attached hydrogens (tertiary/aromatic N) is 3. The summed E-state index contributed by atoms with van der Waals surface area (Å²) in [4.78, 5) is 2.28. The monoisotopic (exact) mass is 665 g/mol. The number of aromatic nitrogens is 2. The highest BCUT2D eigenvalue weighted by molar-refractivity contribution is 6.28. The molecule has 7 aromatic carbocycles. The van der Waals surface area contributed by atoms with Gasteiger partial charge in [0.1, 0.15) is 0 Å². The van der Waals surface area contributed by atoms with Crippen molar-refractivity contribution in [1.29, 1.82) is 0 Å². The molecule has 2 aromatic heterocycles. The van der Waals surface area contributed by atoms with Gasteiger partial charge in [0.2, 0.25) is 0 Å². The van der Waals surface area contributed by atoms with Gasteiger partial charge in [-0.1, -0.05) is 128 Å². The van der Waals surface area contributed by atoms with Crippen molar-refractivity contribution in [3.63, 3.8) is 0 Å². The molecule has 52 heavy (non-hydrogen) atoms. The minimum Gasteiger partial charge on any atom is -0.311 e. The highest BCUT2D eigenvalue weighted by atomic mass is 15.2. The highest BCUT2D eigenvalue weighted by Gasteiger charge is 2.22. The van der Waals surface area contributed by atoms with Crippen LogP contribution in [-0.4, -0.2) is 9.13 Å². The lowest BCUT2D eigenvalue weighted by molar-refractivity contribution is 1.13. The molecule has 3 nitrogen and oxygen atoms in total. The van der Waals surface area contributed by atoms with E-state index in [4.69, 9.17) is 0 Å². The first-order valence-electron chi connectivity index (χ1n) is 17.9. The van der Waals surface area contributed by atoms with E-state index in [0.29, 0.717) is 0 Å². The highest BCUT2D eigenvalue weighted by Crippen LogP contribution is 2.43. The van der Waals surface area contributed by atoms with Gasteiger partial charge in [-0.05, 0) is 89.9 Å². The minimum atomic E-state index is 0.829. The zero-order valence-corrected chi connectivity index (χ0v) is 28.7. The molecule has 1 aliphatic rings. The summed E-state index contributed by atoms with van der Waals surface area (Å²) in [5, 5.41) is 5.02. The van der Waals surface area contributed by atoms with Gasteiger partial charge in [-0.25, -0.2) is 0 Å². The second-order valence-corrected chi connectivity index (χ2v) is 13.4. The molecule has 246 valence electrons. The standard InChI is InChI=1S/C49H35N3/c1-34-16-5-2-8-19-36-28-29-40(33-47(36)50(34)38-21-9-4-10-22-38)52-44-27-14-12-25-42(44)49-46(52)31-30-45-48(49)41-24-11-13-26-43(41)51(45)39-23-15-20-37(32-39)35-17-6-3-7-18-35/h2-18,20-33H,1,19H2/b8-2-,16-5-. The lowest BCUT2D eigenvalue weighted by Crippen LogP contribution is -2.16. The smallest absolute Gasteiger partial charge is 0.0548 e. The number of hydrogen-bond donors (Lipinski definition) is 0. The first kappa shape index (κ1) is 30.0. The van der Waals surface area contributed by atoms with Crippen LogP contribution in [0.25, 0.3) is 66.1 Å². The number of allylic oxidation sites excluding steroid dienone is 4. The van der Waals surface area contributed by atoms with Crippen LogP contribution < -0.4 is 4.90 Å². The molecule has 3 heteroatoms. The molecule has 0 amide bonds. The predicted octanol–water partition coefficient (Wildman–Crippen LogP) is 12.9. The van der Waals surface area contributed by atoms with Gasteiger partial charge in [0.15, 0.2) is 0 Å². The second kappa shape index (κ2) is 12.2. The third-order valence-corrected chi connectivity index (χ3v) is 10.4. The fourth-order valence-corrected chi connectivity index (χ4v) is 8.15. The molecule has 10 rings (SSSR count). The van der Waals surface area contributed by atoms with Gasteiger partial charge < -0.3 is 14.0 Å². The average molecular weight is 666 g/mol. The number of rotatable bonds is 4. The van der Waals surface area contributed by atoms with Crippen molar-refractivity contribution in [2.75, 3.05) is 4.90 Å². The normalized spacial score (nSPS) is 14.4. The van der Waals surface area contributed by atoms with Gasteiger partial charge in [0, 0.05) is 44.3 Å². The summed E-state index contributed by atoms with van der Waals surface area (Å²) in [6, 6.07) is 59.3. The van der Waals surface area contributed by atoms with Crippen molar-refractivity contribution in [2.45, 2.75) is 6.42 Å². The van der Waals surface area contributed by atoms with Crippen molar-refractivity contribution in [1.82, 2.24) is 9.13 Å². The lowest BCUT2D eigenvalue weighted by Gasteiger charge is -2.28. The quantitative estimate of drug-likeness (QED) is 0.182. The average Bonchev–Trinajstić information content (AvgIpc) is 3.74. The Labute approximate surface area is 302 Å². The SMILES string of the molecule is C=C1/C=C\C=C/Cc2ccc(-n3c4ccccc4c4c5c6ccccc6n(-c6cccc(-c7ccccc7)c6)c5ccc43)cc2N1c1ccccc1. The summed E-state index contributed by atoms with van der Waals surface area (Å²) in [6.45, 7) is 4.52. The van der Waals surface area contributed by atoms with Crippen molar-refractivity contribution in [3.8, 4) is 22.5 Å². The minimum absolute atomic E-state index is 0.829. The Bertz CT molecular complexity index is 2890. The van der Waals surface area contributed by atoms with Crippen LogP contribution in [-0.2, 0) is 6.42 Å². The topological polar surface area (TPSA) is 13.1 Å². The van der Waals surface area contributed by atoms with E-state index < -0.39 is 0 Å². The van der Waals surface area contributed by atoms with Gasteiger partial charge >= 0.3 is 0 Å². The van der Waals surface area contributed by atoms with Crippen LogP contribution in [0.3, 0.4) is 0 Å². The molecule has 0 bridgehead atoms. The fourth-order valence-electron chi connectivity index (χ4n) is 8.15. The van der Waals surface area contributed by atoms with E-state index in [2.05, 4.69) is 209 Å². The Morgan fingerprint density at radius 1 is 0.442 bits per heavy atom. The molecule has 0 saturated heterocycles. The van der Waals surface area contributed by atoms with Crippen LogP contribution in [0.5, 0.6) is 0 Å². The Balaban J connectivity index is 1.24. The zero-order chi connectivity index (χ0) is 34.6. The maximum absolute atomic E-state index is 4.52. The molecule has 0 radical (unpaired) electrons. The number of fused-ring (bicyclic) bond motifs is 8. The number of para-hydroxylation sites is 3. The van der Waals surface area contributed by atoms with E-state index in [0.717, 1.165) is 34.9 Å². The van der Waals surface area contributed by atoms with Gasteiger partial charge in [0.25, 0.3) is 0 Å². The largest absolute Gasteiger partial charge is 0.311 e. The Hall–Kier alpha value is -6.84. The summed E-state index contributed by atoms with van der Waals surface area (Å²) < 4.78 is 4.87. The lowest BCUT2D eigenvalue weighted by atomic mass is 10.0. The first-order valence-corrected chi connectivity index (χ1v) is 17.9. The molecule has 0 saturated carbocycles. The molecular weight excluding hydrogens is 631 g/mol. The van der Waals surface area contributed by atoms with Crippen LogP contribution in [0.2, 0.25) is 0 Å². The van der Waals surface area contributed by atoms with Gasteiger partial charge in [-0.3, -0.25) is 0 Å². The van der Waals surface area contributed by atoms with E-state index >= 15 is 0 Å². The van der Waals surface area contributed by atoms with Crippen LogP contribution in [0.15, 0.2) is 200 Å². The van der Waals surface area contributed by atoms with E-state index in [1.54, 1.807) is 0 Å². The molecule has 3 heterocycles. The predicted molar refractivity (Wildman–Crippen MR) is 220 cm³/mol. The van der Waals surface area contributed by atoms with Gasteiger partial charge in [-0.15, -0.1) is 0 Å². The van der Waals surface area contributed by atoms with E-state index in [9.17, 15) is 0 Å². The maximum atomic E-state index is 4.52. The van der Waals surface area contributed by atoms with Gasteiger partial charge in [-0.2, -0.15) is 0 Å². The number of benzene rings is 7. The number of anilines is 2. The third-order valence-electron chi connectivity index (χ3n) is 10.4. The van der Waals surface area contributed by atoms with Crippen LogP contribution in [0.1, 0.15) is 5.56 Å². The molecule has 0 fully saturated rings. The van der Waals surface area contributed by atoms with Crippen molar-refractivity contribution >= 4 is 55.0 Å². The Morgan fingerprint density at radius 2 is 1.02 bits per heavy atom. The van der Waals surface area contributed by atoms with E-state index in [1.165, 1.54) is 60.3 Å². The first-order chi connectivity index (χ1) is 25.7. The third kappa shape index (κ3) is 4.74.